The van der Waals surface area contributed by atoms with Crippen molar-refractivity contribution in [3.63, 3.8) is 0 Å². The molecule has 74 valence electrons. The van der Waals surface area contributed by atoms with Crippen LogP contribution in [0.15, 0.2) is 0 Å². The third-order valence-corrected chi connectivity index (χ3v) is 4.97. The summed E-state index contributed by atoms with van der Waals surface area (Å²) in [4.78, 5) is 0. The van der Waals surface area contributed by atoms with E-state index >= 15 is 0 Å². The zero-order valence-electron chi connectivity index (χ0n) is 8.51. The van der Waals surface area contributed by atoms with E-state index in [1.54, 1.807) is 0 Å². The summed E-state index contributed by atoms with van der Waals surface area (Å²) in [5.41, 5.74) is 0. The molecule has 0 saturated heterocycles. The number of hydrogen-bond donors (Lipinski definition) is 0. The van der Waals surface area contributed by atoms with E-state index in [9.17, 15) is 4.57 Å². The van der Waals surface area contributed by atoms with Crippen LogP contribution in [0.1, 0.15) is 33.6 Å². The van der Waals surface area contributed by atoms with Crippen molar-refractivity contribution >= 4 is 7.14 Å². The van der Waals surface area contributed by atoms with Crippen LogP contribution in [0.4, 0.5) is 0 Å². The van der Waals surface area contributed by atoms with Crippen molar-refractivity contribution in [2.45, 2.75) is 33.6 Å². The van der Waals surface area contributed by atoms with Crippen LogP contribution in [-0.4, -0.2) is 25.3 Å². The van der Waals surface area contributed by atoms with Gasteiger partial charge in [-0.05, 0) is 19.8 Å². The van der Waals surface area contributed by atoms with E-state index in [1.165, 1.54) is 0 Å². The Bertz CT molecular complexity index is 135. The fraction of sp³-hybridized carbons (Fsp3) is 1.00. The molecule has 0 aromatic heterocycles. The molecule has 0 aliphatic carbocycles. The van der Waals surface area contributed by atoms with Gasteiger partial charge in [-0.1, -0.05) is 13.8 Å². The molecule has 0 radical (unpaired) electrons. The van der Waals surface area contributed by atoms with Crippen LogP contribution in [0.25, 0.3) is 0 Å². The van der Waals surface area contributed by atoms with Crippen LogP contribution in [-0.2, 0) is 9.30 Å². The SMILES string of the molecule is CCCP(=O)(CCC)COCC. The summed E-state index contributed by atoms with van der Waals surface area (Å²) in [5.74, 6) is 0. The van der Waals surface area contributed by atoms with Gasteiger partial charge in [0.05, 0.1) is 6.35 Å². The van der Waals surface area contributed by atoms with Crippen molar-refractivity contribution in [2.75, 3.05) is 25.3 Å². The molecule has 0 rings (SSSR count). The van der Waals surface area contributed by atoms with Gasteiger partial charge >= 0.3 is 0 Å². The molecule has 0 N–H and O–H groups in total. The molecule has 0 atom stereocenters. The van der Waals surface area contributed by atoms with Gasteiger partial charge in [0.1, 0.15) is 7.14 Å². The third kappa shape index (κ3) is 4.95. The van der Waals surface area contributed by atoms with E-state index < -0.39 is 7.14 Å². The molecule has 0 spiro atoms. The molecular weight excluding hydrogens is 171 g/mol. The van der Waals surface area contributed by atoms with Crippen LogP contribution in [0.5, 0.6) is 0 Å². The average Bonchev–Trinajstić information content (AvgIpc) is 2.02. The zero-order chi connectivity index (χ0) is 9.45. The normalized spacial score (nSPS) is 11.9. The molecule has 0 heterocycles. The van der Waals surface area contributed by atoms with E-state index in [0.717, 1.165) is 25.2 Å². The predicted octanol–water partition coefficient (Wildman–Crippen LogP) is 3.16. The standard InChI is InChI=1S/C9H21O2P/c1-4-7-12(10,8-5-2)9-11-6-3/h4-9H2,1-3H3. The Morgan fingerprint density at radius 2 is 1.58 bits per heavy atom. The van der Waals surface area contributed by atoms with Crippen molar-refractivity contribution in [1.82, 2.24) is 0 Å². The summed E-state index contributed by atoms with van der Waals surface area (Å²) >= 11 is 0. The first kappa shape index (κ1) is 12.2. The Hall–Kier alpha value is 0.190. The van der Waals surface area contributed by atoms with E-state index in [1.807, 2.05) is 6.92 Å². The lowest BCUT2D eigenvalue weighted by Crippen LogP contribution is -2.02. The topological polar surface area (TPSA) is 26.3 Å². The number of rotatable bonds is 7. The summed E-state index contributed by atoms with van der Waals surface area (Å²) in [6, 6.07) is 0. The molecule has 0 bridgehead atoms. The minimum atomic E-state index is -1.96. The average molecular weight is 192 g/mol. The van der Waals surface area contributed by atoms with Crippen molar-refractivity contribution in [3.05, 3.63) is 0 Å². The van der Waals surface area contributed by atoms with Crippen molar-refractivity contribution < 1.29 is 9.30 Å². The van der Waals surface area contributed by atoms with Crippen LogP contribution >= 0.6 is 7.14 Å². The van der Waals surface area contributed by atoms with Gasteiger partial charge < -0.3 is 9.30 Å². The van der Waals surface area contributed by atoms with Gasteiger partial charge in [0.2, 0.25) is 0 Å². The maximum absolute atomic E-state index is 12.0. The summed E-state index contributed by atoms with van der Waals surface area (Å²) in [7, 11) is -1.96. The highest BCUT2D eigenvalue weighted by molar-refractivity contribution is 7.63. The fourth-order valence-electron chi connectivity index (χ4n) is 1.31. The van der Waals surface area contributed by atoms with Gasteiger partial charge in [-0.15, -0.1) is 0 Å². The molecule has 0 amide bonds. The maximum Gasteiger partial charge on any atom is 0.112 e. The minimum Gasteiger partial charge on any atom is -0.374 e. The first-order valence-electron chi connectivity index (χ1n) is 4.83. The molecule has 0 saturated carbocycles. The quantitative estimate of drug-likeness (QED) is 0.579. The van der Waals surface area contributed by atoms with Crippen LogP contribution in [0.3, 0.4) is 0 Å². The Kier molecular flexibility index (Phi) is 6.78. The monoisotopic (exact) mass is 192 g/mol. The van der Waals surface area contributed by atoms with Crippen LogP contribution in [0.2, 0.25) is 0 Å². The molecule has 12 heavy (non-hydrogen) atoms. The molecule has 0 aliphatic heterocycles. The summed E-state index contributed by atoms with van der Waals surface area (Å²) in [5, 5.41) is 0. The van der Waals surface area contributed by atoms with Gasteiger partial charge in [0.15, 0.2) is 0 Å². The van der Waals surface area contributed by atoms with E-state index in [4.69, 9.17) is 4.74 Å². The highest BCUT2D eigenvalue weighted by atomic mass is 31.2. The molecule has 0 fully saturated rings. The Balaban J connectivity index is 3.90. The first-order chi connectivity index (χ1) is 5.68. The highest BCUT2D eigenvalue weighted by Gasteiger charge is 2.19. The lowest BCUT2D eigenvalue weighted by Gasteiger charge is -2.16. The van der Waals surface area contributed by atoms with Crippen LogP contribution < -0.4 is 0 Å². The molecule has 0 aliphatic rings. The number of hydrogen-bond acceptors (Lipinski definition) is 2. The third-order valence-electron chi connectivity index (χ3n) is 1.79. The molecule has 0 aromatic carbocycles. The lowest BCUT2D eigenvalue weighted by atomic mass is 10.6. The largest absolute Gasteiger partial charge is 0.374 e. The van der Waals surface area contributed by atoms with Crippen molar-refractivity contribution in [3.8, 4) is 0 Å². The summed E-state index contributed by atoms with van der Waals surface area (Å²) in [6.45, 7) is 6.78. The Labute approximate surface area is 76.1 Å². The lowest BCUT2D eigenvalue weighted by molar-refractivity contribution is 0.191. The Morgan fingerprint density at radius 3 is 1.92 bits per heavy atom. The second-order valence-corrected chi connectivity index (χ2v) is 6.40. The summed E-state index contributed by atoms with van der Waals surface area (Å²) < 4.78 is 17.3. The zero-order valence-corrected chi connectivity index (χ0v) is 9.40. The van der Waals surface area contributed by atoms with Gasteiger partial charge in [-0.3, -0.25) is 0 Å². The maximum atomic E-state index is 12.0. The molecule has 0 unspecified atom stereocenters. The van der Waals surface area contributed by atoms with Gasteiger partial charge in [-0.25, -0.2) is 0 Å². The predicted molar refractivity (Wildman–Crippen MR) is 54.4 cm³/mol. The number of ether oxygens (including phenoxy) is 1. The smallest absolute Gasteiger partial charge is 0.112 e. The van der Waals surface area contributed by atoms with Crippen LogP contribution in [0, 0.1) is 0 Å². The second-order valence-electron chi connectivity index (χ2n) is 3.13. The Morgan fingerprint density at radius 1 is 1.08 bits per heavy atom. The van der Waals surface area contributed by atoms with E-state index in [-0.39, 0.29) is 0 Å². The molecular formula is C9H21O2P. The summed E-state index contributed by atoms with van der Waals surface area (Å²) in [6.07, 6.45) is 4.20. The molecule has 0 aromatic rings. The first-order valence-corrected chi connectivity index (χ1v) is 7.09. The van der Waals surface area contributed by atoms with Crippen molar-refractivity contribution in [2.24, 2.45) is 0 Å². The van der Waals surface area contributed by atoms with Crippen molar-refractivity contribution in [1.29, 1.82) is 0 Å². The van der Waals surface area contributed by atoms with Gasteiger partial charge in [0.25, 0.3) is 0 Å². The minimum absolute atomic E-state index is 0.491. The second kappa shape index (κ2) is 6.68. The fourth-order valence-corrected chi connectivity index (χ4v) is 3.94. The molecule has 2 nitrogen and oxygen atoms in total. The van der Waals surface area contributed by atoms with Gasteiger partial charge in [0, 0.05) is 18.9 Å². The molecule has 3 heteroatoms. The van der Waals surface area contributed by atoms with E-state index in [0.29, 0.717) is 13.0 Å². The highest BCUT2D eigenvalue weighted by Crippen LogP contribution is 2.46. The van der Waals surface area contributed by atoms with Gasteiger partial charge in [-0.2, -0.15) is 0 Å². The van der Waals surface area contributed by atoms with E-state index in [2.05, 4.69) is 13.8 Å².